The standard InChI is InChI=1S/C45H31NS/c1-28-13-11-24-41-42(28)37-22-12-21-31(45(37)47-41)30-25-26-40-38(27-30)32-16-9-10-23-39(32)46(40)44-35-19-7-5-17-33(35)43(29-14-3-2-4-15-29)34-18-6-8-20-36(34)44/h2-12,14-28H,13H2,1H3. The maximum Gasteiger partial charge on any atom is 0.0619 e. The fraction of sp³-hybridized carbons (Fsp3) is 0.0667. The number of fused-ring (bicyclic) bond motifs is 8. The third-order valence-electron chi connectivity index (χ3n) is 10.2. The number of benzene rings is 7. The Hall–Kier alpha value is -5.44. The second-order valence-corrected chi connectivity index (χ2v) is 13.9. The molecule has 1 atom stereocenters. The Kier molecular flexibility index (Phi) is 5.85. The van der Waals surface area contributed by atoms with Crippen molar-refractivity contribution in [2.75, 3.05) is 0 Å². The van der Waals surface area contributed by atoms with E-state index in [1.54, 1.807) is 0 Å². The zero-order valence-electron chi connectivity index (χ0n) is 26.1. The molecule has 0 saturated carbocycles. The largest absolute Gasteiger partial charge is 0.308 e. The average molecular weight is 618 g/mol. The molecule has 10 rings (SSSR count). The summed E-state index contributed by atoms with van der Waals surface area (Å²) in [6.07, 6.45) is 5.78. The fourth-order valence-corrected chi connectivity index (χ4v) is 9.55. The molecule has 7 aromatic carbocycles. The zero-order valence-corrected chi connectivity index (χ0v) is 26.9. The lowest BCUT2D eigenvalue weighted by atomic mass is 9.90. The number of para-hydroxylation sites is 1. The van der Waals surface area contributed by atoms with Crippen LogP contribution in [-0.2, 0) is 0 Å². The van der Waals surface area contributed by atoms with Crippen molar-refractivity contribution < 1.29 is 0 Å². The second-order valence-electron chi connectivity index (χ2n) is 12.9. The molecule has 1 nitrogen and oxygen atoms in total. The summed E-state index contributed by atoms with van der Waals surface area (Å²) in [6, 6.07) is 51.6. The molecule has 2 aromatic heterocycles. The van der Waals surface area contributed by atoms with Gasteiger partial charge in [-0.2, -0.15) is 0 Å². The third kappa shape index (κ3) is 3.89. The van der Waals surface area contributed by atoms with Crippen LogP contribution >= 0.6 is 11.3 Å². The Balaban J connectivity index is 1.28. The van der Waals surface area contributed by atoms with E-state index in [-0.39, 0.29) is 0 Å². The Morgan fingerprint density at radius 3 is 1.96 bits per heavy atom. The van der Waals surface area contributed by atoms with E-state index in [9.17, 15) is 0 Å². The monoisotopic (exact) mass is 617 g/mol. The Morgan fingerprint density at radius 2 is 1.19 bits per heavy atom. The third-order valence-corrected chi connectivity index (χ3v) is 11.4. The summed E-state index contributed by atoms with van der Waals surface area (Å²) in [5.41, 5.74) is 10.3. The number of hydrogen-bond acceptors (Lipinski definition) is 1. The van der Waals surface area contributed by atoms with Gasteiger partial charge >= 0.3 is 0 Å². The number of nitrogens with zero attached hydrogens (tertiary/aromatic N) is 1. The molecule has 0 radical (unpaired) electrons. The Bertz CT molecular complexity index is 2670. The average Bonchev–Trinajstić information content (AvgIpc) is 3.67. The Morgan fingerprint density at radius 1 is 0.553 bits per heavy atom. The number of rotatable bonds is 3. The van der Waals surface area contributed by atoms with Crippen molar-refractivity contribution in [2.45, 2.75) is 19.3 Å². The van der Waals surface area contributed by atoms with Crippen molar-refractivity contribution >= 4 is 70.8 Å². The first-order valence-corrected chi connectivity index (χ1v) is 17.3. The van der Waals surface area contributed by atoms with E-state index >= 15 is 0 Å². The van der Waals surface area contributed by atoms with Crippen LogP contribution in [0.25, 0.3) is 87.5 Å². The second kappa shape index (κ2) is 10.3. The highest BCUT2D eigenvalue weighted by Gasteiger charge is 2.23. The summed E-state index contributed by atoms with van der Waals surface area (Å²) in [4.78, 5) is 1.42. The zero-order chi connectivity index (χ0) is 31.1. The van der Waals surface area contributed by atoms with Crippen LogP contribution in [0.2, 0.25) is 0 Å². The summed E-state index contributed by atoms with van der Waals surface area (Å²) < 4.78 is 3.91. The predicted molar refractivity (Wildman–Crippen MR) is 204 cm³/mol. The van der Waals surface area contributed by atoms with Crippen LogP contribution in [0.4, 0.5) is 0 Å². The molecular formula is C45H31NS. The lowest BCUT2D eigenvalue weighted by Gasteiger charge is -2.19. The normalized spacial score (nSPS) is 14.5. The van der Waals surface area contributed by atoms with Crippen LogP contribution in [-0.4, -0.2) is 4.57 Å². The summed E-state index contributed by atoms with van der Waals surface area (Å²) in [5, 5.41) is 9.03. The van der Waals surface area contributed by atoms with Gasteiger partial charge in [0.05, 0.1) is 16.7 Å². The molecule has 1 unspecified atom stereocenters. The van der Waals surface area contributed by atoms with Gasteiger partial charge in [-0.1, -0.05) is 134 Å². The van der Waals surface area contributed by atoms with Gasteiger partial charge in [0.1, 0.15) is 0 Å². The highest BCUT2D eigenvalue weighted by molar-refractivity contribution is 7.20. The molecule has 0 saturated heterocycles. The molecule has 222 valence electrons. The summed E-state index contributed by atoms with van der Waals surface area (Å²) in [7, 11) is 0. The van der Waals surface area contributed by atoms with Crippen LogP contribution in [0, 0.1) is 0 Å². The van der Waals surface area contributed by atoms with E-state index in [4.69, 9.17) is 0 Å². The van der Waals surface area contributed by atoms with E-state index in [1.807, 2.05) is 11.3 Å². The highest BCUT2D eigenvalue weighted by atomic mass is 32.1. The van der Waals surface area contributed by atoms with Gasteiger partial charge in [-0.15, -0.1) is 11.3 Å². The smallest absolute Gasteiger partial charge is 0.0619 e. The van der Waals surface area contributed by atoms with Crippen LogP contribution in [0.15, 0.2) is 146 Å². The van der Waals surface area contributed by atoms with Crippen LogP contribution in [0.3, 0.4) is 0 Å². The number of thiophene rings is 1. The van der Waals surface area contributed by atoms with E-state index in [0.29, 0.717) is 5.92 Å². The first kappa shape index (κ1) is 26.7. The first-order valence-electron chi connectivity index (χ1n) is 16.5. The first-order chi connectivity index (χ1) is 23.3. The van der Waals surface area contributed by atoms with E-state index in [1.165, 1.54) is 91.8 Å². The molecule has 9 aromatic rings. The predicted octanol–water partition coefficient (Wildman–Crippen LogP) is 13.2. The van der Waals surface area contributed by atoms with Gasteiger partial charge in [-0.05, 0) is 80.6 Å². The molecule has 1 aliphatic carbocycles. The lowest BCUT2D eigenvalue weighted by molar-refractivity contribution is 0.783. The number of hydrogen-bond donors (Lipinski definition) is 0. The number of allylic oxidation sites excluding steroid dienone is 1. The molecule has 0 N–H and O–H groups in total. The minimum atomic E-state index is 0.553. The molecule has 0 aliphatic heterocycles. The van der Waals surface area contributed by atoms with Crippen LogP contribution in [0.5, 0.6) is 0 Å². The summed E-state index contributed by atoms with van der Waals surface area (Å²) in [6.45, 7) is 2.36. The molecular weight excluding hydrogens is 587 g/mol. The summed E-state index contributed by atoms with van der Waals surface area (Å²) >= 11 is 1.95. The van der Waals surface area contributed by atoms with Gasteiger partial charge < -0.3 is 4.57 Å². The quantitative estimate of drug-likeness (QED) is 0.174. The molecule has 1 aliphatic rings. The van der Waals surface area contributed by atoms with Gasteiger partial charge in [0.2, 0.25) is 0 Å². The maximum absolute atomic E-state index is 2.52. The molecule has 2 heterocycles. The number of aromatic nitrogens is 1. The van der Waals surface area contributed by atoms with Crippen molar-refractivity contribution in [2.24, 2.45) is 0 Å². The van der Waals surface area contributed by atoms with E-state index < -0.39 is 0 Å². The van der Waals surface area contributed by atoms with Crippen molar-refractivity contribution in [3.8, 4) is 27.9 Å². The van der Waals surface area contributed by atoms with Crippen molar-refractivity contribution in [1.29, 1.82) is 0 Å². The van der Waals surface area contributed by atoms with Crippen molar-refractivity contribution in [1.82, 2.24) is 4.57 Å². The van der Waals surface area contributed by atoms with Crippen molar-refractivity contribution in [3.05, 3.63) is 156 Å². The van der Waals surface area contributed by atoms with E-state index in [0.717, 1.165) is 6.42 Å². The van der Waals surface area contributed by atoms with Crippen molar-refractivity contribution in [3.63, 3.8) is 0 Å². The molecule has 0 bridgehead atoms. The van der Waals surface area contributed by atoms with Gasteiger partial charge in [0.25, 0.3) is 0 Å². The van der Waals surface area contributed by atoms with E-state index in [2.05, 4.69) is 163 Å². The lowest BCUT2D eigenvalue weighted by Crippen LogP contribution is -1.99. The van der Waals surface area contributed by atoms with Crippen LogP contribution in [0.1, 0.15) is 29.7 Å². The summed E-state index contributed by atoms with van der Waals surface area (Å²) in [5.74, 6) is 0.553. The highest BCUT2D eigenvalue weighted by Crippen LogP contribution is 2.47. The maximum atomic E-state index is 2.52. The molecule has 47 heavy (non-hydrogen) atoms. The van der Waals surface area contributed by atoms with Gasteiger partial charge in [-0.25, -0.2) is 0 Å². The molecule has 2 heteroatoms. The fourth-order valence-electron chi connectivity index (χ4n) is 8.16. The molecule has 0 fully saturated rings. The minimum Gasteiger partial charge on any atom is -0.308 e. The topological polar surface area (TPSA) is 4.93 Å². The molecule has 0 spiro atoms. The van der Waals surface area contributed by atoms with Crippen LogP contribution < -0.4 is 0 Å². The molecule has 0 amide bonds. The van der Waals surface area contributed by atoms with Gasteiger partial charge in [-0.3, -0.25) is 0 Å². The minimum absolute atomic E-state index is 0.553. The Labute approximate surface area is 277 Å². The van der Waals surface area contributed by atoms with Gasteiger partial charge in [0, 0.05) is 31.1 Å². The van der Waals surface area contributed by atoms with Gasteiger partial charge in [0.15, 0.2) is 0 Å². The SMILES string of the molecule is CC1CC=Cc2sc3c(-c4ccc5c(c4)c4ccccc4n5-c4c5ccccc5c(-c5ccccc5)c5ccccc45)cccc3c21.